The highest BCUT2D eigenvalue weighted by Gasteiger charge is 2.36. The molecule has 1 fully saturated rings. The van der Waals surface area contributed by atoms with Gasteiger partial charge in [0.2, 0.25) is 0 Å². The third kappa shape index (κ3) is 3.04. The zero-order valence-electron chi connectivity index (χ0n) is 15.4. The molecule has 0 N–H and O–H groups in total. The normalized spacial score (nSPS) is 17.2. The van der Waals surface area contributed by atoms with E-state index in [9.17, 15) is 9.18 Å². The summed E-state index contributed by atoms with van der Waals surface area (Å²) in [6.45, 7) is 7.38. The lowest BCUT2D eigenvalue weighted by Gasteiger charge is -2.38. The molecule has 0 atom stereocenters. The Morgan fingerprint density at radius 2 is 1.81 bits per heavy atom. The van der Waals surface area contributed by atoms with Crippen molar-refractivity contribution in [2.45, 2.75) is 45.1 Å². The molecular weight excluding hydrogens is 331 g/mol. The lowest BCUT2D eigenvalue weighted by Crippen LogP contribution is -2.45. The molecule has 2 aromatic rings. The molecule has 0 spiro atoms. The van der Waals surface area contributed by atoms with Crippen molar-refractivity contribution in [3.8, 4) is 0 Å². The van der Waals surface area contributed by atoms with Gasteiger partial charge in [0.25, 0.3) is 5.91 Å². The zero-order valence-corrected chi connectivity index (χ0v) is 15.4. The zero-order chi connectivity index (χ0) is 18.5. The van der Waals surface area contributed by atoms with Crippen molar-refractivity contribution in [1.82, 2.24) is 9.97 Å². The molecule has 0 bridgehead atoms. The number of halogens is 1. The van der Waals surface area contributed by atoms with Crippen LogP contribution in [0.15, 0.2) is 30.6 Å². The minimum atomic E-state index is -0.335. The number of rotatable bonds is 2. The maximum Gasteiger partial charge on any atom is 0.261 e. The summed E-state index contributed by atoms with van der Waals surface area (Å²) < 4.78 is 13.9. The average Bonchev–Trinajstić information content (AvgIpc) is 3.44. The van der Waals surface area contributed by atoms with Gasteiger partial charge in [-0.05, 0) is 31.0 Å². The van der Waals surface area contributed by atoms with Gasteiger partial charge in [-0.25, -0.2) is 14.4 Å². The van der Waals surface area contributed by atoms with Crippen LogP contribution in [0.2, 0.25) is 0 Å². The summed E-state index contributed by atoms with van der Waals surface area (Å²) in [6.07, 6.45) is 5.46. The largest absolute Gasteiger partial charge is 0.365 e. The van der Waals surface area contributed by atoms with Gasteiger partial charge in [0.1, 0.15) is 11.6 Å². The van der Waals surface area contributed by atoms with Crippen LogP contribution in [-0.4, -0.2) is 35.0 Å². The molecule has 5 nitrogen and oxygen atoms in total. The number of carbonyl (C=O) groups is 1. The Kier molecular flexibility index (Phi) is 3.93. The van der Waals surface area contributed by atoms with Crippen molar-refractivity contribution < 1.29 is 9.18 Å². The first-order chi connectivity index (χ1) is 12.3. The summed E-state index contributed by atoms with van der Waals surface area (Å²) in [6, 6.07) is 5.21. The molecule has 4 rings (SSSR count). The Balaban J connectivity index is 1.66. The van der Waals surface area contributed by atoms with Crippen LogP contribution in [0.1, 0.15) is 49.8 Å². The van der Waals surface area contributed by atoms with E-state index in [2.05, 4.69) is 14.9 Å². The predicted octanol–water partition coefficient (Wildman–Crippen LogP) is 3.54. The van der Waals surface area contributed by atoms with E-state index in [-0.39, 0.29) is 17.1 Å². The topological polar surface area (TPSA) is 49.3 Å². The lowest BCUT2D eigenvalue weighted by atomic mass is 9.96. The highest BCUT2D eigenvalue weighted by Crippen LogP contribution is 2.40. The molecule has 0 radical (unpaired) electrons. The fourth-order valence-electron chi connectivity index (χ4n) is 3.36. The number of benzene rings is 1. The van der Waals surface area contributed by atoms with Crippen LogP contribution in [0.3, 0.4) is 0 Å². The molecular formula is C20H23FN4O. The first-order valence-corrected chi connectivity index (χ1v) is 9.05. The Hall–Kier alpha value is -2.50. The van der Waals surface area contributed by atoms with Gasteiger partial charge in [-0.3, -0.25) is 4.79 Å². The first-order valence-electron chi connectivity index (χ1n) is 9.05. The number of amides is 1. The molecule has 26 heavy (non-hydrogen) atoms. The second-order valence-electron chi connectivity index (χ2n) is 8.06. The van der Waals surface area contributed by atoms with Gasteiger partial charge in [-0.2, -0.15) is 0 Å². The van der Waals surface area contributed by atoms with Crippen molar-refractivity contribution in [3.63, 3.8) is 0 Å². The molecule has 1 amide bonds. The van der Waals surface area contributed by atoms with Crippen LogP contribution in [0.4, 0.5) is 15.8 Å². The van der Waals surface area contributed by atoms with E-state index in [0.717, 1.165) is 25.1 Å². The minimum absolute atomic E-state index is 0.173. The standard InChI is InChI=1S/C20H23FN4O/c1-20(2,3)19-22-11-13(12-23-19)18(26)25-9-8-24(15-5-6-15)16-7-4-14(21)10-17(16)25/h4,7,10-12,15H,5-6,8-9H2,1-3H3. The summed E-state index contributed by atoms with van der Waals surface area (Å²) in [4.78, 5) is 25.7. The number of anilines is 2. The molecule has 6 heteroatoms. The molecule has 1 aromatic carbocycles. The van der Waals surface area contributed by atoms with E-state index >= 15 is 0 Å². The van der Waals surface area contributed by atoms with Crippen LogP contribution in [0.5, 0.6) is 0 Å². The average molecular weight is 354 g/mol. The predicted molar refractivity (Wildman–Crippen MR) is 99.2 cm³/mol. The Bertz CT molecular complexity index is 840. The molecule has 2 heterocycles. The number of nitrogens with zero attached hydrogens (tertiary/aromatic N) is 4. The number of carbonyl (C=O) groups excluding carboxylic acids is 1. The van der Waals surface area contributed by atoms with Crippen molar-refractivity contribution in [2.24, 2.45) is 0 Å². The molecule has 1 aliphatic heterocycles. The molecule has 0 unspecified atom stereocenters. The van der Waals surface area contributed by atoms with Crippen molar-refractivity contribution >= 4 is 17.3 Å². The summed E-state index contributed by atoms with van der Waals surface area (Å²) in [7, 11) is 0. The van der Waals surface area contributed by atoms with E-state index in [1.54, 1.807) is 23.4 Å². The van der Waals surface area contributed by atoms with Gasteiger partial charge in [-0.15, -0.1) is 0 Å². The number of hydrogen-bond acceptors (Lipinski definition) is 4. The number of aromatic nitrogens is 2. The molecule has 1 aliphatic carbocycles. The van der Waals surface area contributed by atoms with Crippen LogP contribution >= 0.6 is 0 Å². The smallest absolute Gasteiger partial charge is 0.261 e. The van der Waals surface area contributed by atoms with Gasteiger partial charge >= 0.3 is 0 Å². The van der Waals surface area contributed by atoms with E-state index in [0.29, 0.717) is 29.7 Å². The van der Waals surface area contributed by atoms with E-state index in [4.69, 9.17) is 0 Å². The first kappa shape index (κ1) is 16.9. The Morgan fingerprint density at radius 1 is 1.12 bits per heavy atom. The molecule has 136 valence electrons. The van der Waals surface area contributed by atoms with Gasteiger partial charge in [0.15, 0.2) is 0 Å². The fourth-order valence-corrected chi connectivity index (χ4v) is 3.36. The summed E-state index contributed by atoms with van der Waals surface area (Å²) >= 11 is 0. The van der Waals surface area contributed by atoms with E-state index < -0.39 is 0 Å². The maximum atomic E-state index is 13.9. The second kappa shape index (κ2) is 6.04. The second-order valence-corrected chi connectivity index (χ2v) is 8.06. The highest BCUT2D eigenvalue weighted by molar-refractivity contribution is 6.08. The Morgan fingerprint density at radius 3 is 2.42 bits per heavy atom. The van der Waals surface area contributed by atoms with Crippen LogP contribution < -0.4 is 9.80 Å². The monoisotopic (exact) mass is 354 g/mol. The third-order valence-corrected chi connectivity index (χ3v) is 4.90. The SMILES string of the molecule is CC(C)(C)c1ncc(C(=O)N2CCN(C3CC3)c3ccc(F)cc32)cn1. The molecule has 2 aliphatic rings. The van der Waals surface area contributed by atoms with E-state index in [1.165, 1.54) is 12.1 Å². The number of fused-ring (bicyclic) bond motifs is 1. The lowest BCUT2D eigenvalue weighted by molar-refractivity contribution is 0.0985. The summed E-state index contributed by atoms with van der Waals surface area (Å²) in [5.74, 6) is 0.172. The van der Waals surface area contributed by atoms with Crippen LogP contribution in [0, 0.1) is 5.82 Å². The molecule has 1 saturated carbocycles. The highest BCUT2D eigenvalue weighted by atomic mass is 19.1. The van der Waals surface area contributed by atoms with Gasteiger partial charge < -0.3 is 9.80 Å². The van der Waals surface area contributed by atoms with E-state index in [1.807, 2.05) is 20.8 Å². The van der Waals surface area contributed by atoms with Crippen LogP contribution in [0.25, 0.3) is 0 Å². The van der Waals surface area contributed by atoms with Gasteiger partial charge in [0, 0.05) is 36.9 Å². The van der Waals surface area contributed by atoms with Crippen molar-refractivity contribution in [3.05, 3.63) is 47.8 Å². The maximum absolute atomic E-state index is 13.9. The quantitative estimate of drug-likeness (QED) is 0.828. The number of hydrogen-bond donors (Lipinski definition) is 0. The third-order valence-electron chi connectivity index (χ3n) is 4.90. The van der Waals surface area contributed by atoms with Crippen molar-refractivity contribution in [2.75, 3.05) is 22.9 Å². The fraction of sp³-hybridized carbons (Fsp3) is 0.450. The molecule has 1 aromatic heterocycles. The van der Waals surface area contributed by atoms with Gasteiger partial charge in [0.05, 0.1) is 16.9 Å². The van der Waals surface area contributed by atoms with Crippen molar-refractivity contribution in [1.29, 1.82) is 0 Å². The van der Waals surface area contributed by atoms with Crippen LogP contribution in [-0.2, 0) is 5.41 Å². The summed E-state index contributed by atoms with van der Waals surface area (Å²) in [5, 5.41) is 0. The minimum Gasteiger partial charge on any atom is -0.365 e. The Labute approximate surface area is 152 Å². The molecule has 0 saturated heterocycles. The van der Waals surface area contributed by atoms with Gasteiger partial charge in [-0.1, -0.05) is 20.8 Å². The summed E-state index contributed by atoms with van der Waals surface area (Å²) in [5.41, 5.74) is 1.81.